The Labute approximate surface area is 180 Å². The number of methoxy groups -OCH3 is 1. The molecule has 2 aromatic carbocycles. The number of ether oxygens (including phenoxy) is 1. The predicted octanol–water partition coefficient (Wildman–Crippen LogP) is 3.49. The number of hydrogen-bond acceptors (Lipinski definition) is 5. The molecule has 0 aliphatic rings. The molecule has 0 spiro atoms. The van der Waals surface area contributed by atoms with Gasteiger partial charge in [0.05, 0.1) is 16.7 Å². The summed E-state index contributed by atoms with van der Waals surface area (Å²) in [7, 11) is 3.44. The zero-order valence-corrected chi connectivity index (χ0v) is 18.4. The van der Waals surface area contributed by atoms with Crippen LogP contribution in [-0.4, -0.2) is 46.9 Å². The first kappa shape index (κ1) is 22.1. The quantitative estimate of drug-likeness (QED) is 0.298. The van der Waals surface area contributed by atoms with Crippen molar-refractivity contribution in [3.63, 3.8) is 0 Å². The third-order valence-electron chi connectivity index (χ3n) is 4.98. The fourth-order valence-electron chi connectivity index (χ4n) is 3.19. The van der Waals surface area contributed by atoms with E-state index in [0.29, 0.717) is 42.2 Å². The van der Waals surface area contributed by atoms with Gasteiger partial charge in [0.25, 0.3) is 5.56 Å². The lowest BCUT2D eigenvalue weighted by Crippen LogP contribution is -2.29. The standard InChI is InChI=1S/C23H27N3O3S/c1-17-9-4-5-10-18(17)15-25(2)21(27)16-30-23-24-20-12-7-6-11-19(20)22(28)26(23)13-8-14-29-3/h4-7,9-12H,8,13-16H2,1-3H3. The molecule has 1 heterocycles. The number of benzene rings is 2. The van der Waals surface area contributed by atoms with Gasteiger partial charge in [-0.2, -0.15) is 0 Å². The van der Waals surface area contributed by atoms with Gasteiger partial charge in [-0.1, -0.05) is 48.2 Å². The molecule has 0 saturated heterocycles. The number of thioether (sulfide) groups is 1. The Kier molecular flexibility index (Phi) is 7.65. The molecule has 30 heavy (non-hydrogen) atoms. The minimum Gasteiger partial charge on any atom is -0.385 e. The number of para-hydroxylation sites is 1. The maximum Gasteiger partial charge on any atom is 0.262 e. The number of nitrogens with zero attached hydrogens (tertiary/aromatic N) is 3. The fraction of sp³-hybridized carbons (Fsp3) is 0.348. The molecule has 0 aliphatic heterocycles. The van der Waals surface area contributed by atoms with Crippen LogP contribution in [0.3, 0.4) is 0 Å². The lowest BCUT2D eigenvalue weighted by Gasteiger charge is -2.19. The summed E-state index contributed by atoms with van der Waals surface area (Å²) in [6, 6.07) is 15.4. The van der Waals surface area contributed by atoms with E-state index in [2.05, 4.69) is 4.98 Å². The molecule has 3 rings (SSSR count). The van der Waals surface area contributed by atoms with Crippen LogP contribution in [0.5, 0.6) is 0 Å². The number of amides is 1. The smallest absolute Gasteiger partial charge is 0.262 e. The molecule has 0 radical (unpaired) electrons. The molecule has 7 heteroatoms. The number of aromatic nitrogens is 2. The number of rotatable bonds is 9. The number of carbonyl (C=O) groups excluding carboxylic acids is 1. The maximum absolute atomic E-state index is 13.0. The monoisotopic (exact) mass is 425 g/mol. The predicted molar refractivity (Wildman–Crippen MR) is 121 cm³/mol. The van der Waals surface area contributed by atoms with E-state index in [0.717, 1.165) is 11.1 Å². The van der Waals surface area contributed by atoms with Gasteiger partial charge in [0.15, 0.2) is 5.16 Å². The van der Waals surface area contributed by atoms with E-state index < -0.39 is 0 Å². The van der Waals surface area contributed by atoms with Crippen molar-refractivity contribution in [2.24, 2.45) is 0 Å². The zero-order valence-electron chi connectivity index (χ0n) is 17.6. The summed E-state index contributed by atoms with van der Waals surface area (Å²) in [5.74, 6) is 0.214. The first-order chi connectivity index (χ1) is 14.5. The lowest BCUT2D eigenvalue weighted by molar-refractivity contribution is -0.127. The van der Waals surface area contributed by atoms with Crippen molar-refractivity contribution in [1.29, 1.82) is 0 Å². The average Bonchev–Trinajstić information content (AvgIpc) is 2.75. The molecular weight excluding hydrogens is 398 g/mol. The summed E-state index contributed by atoms with van der Waals surface area (Å²) in [6.07, 6.45) is 0.700. The third kappa shape index (κ3) is 5.29. The van der Waals surface area contributed by atoms with Gasteiger partial charge in [0.1, 0.15) is 0 Å². The van der Waals surface area contributed by atoms with Crippen LogP contribution in [0, 0.1) is 6.92 Å². The maximum atomic E-state index is 13.0. The fourth-order valence-corrected chi connectivity index (χ4v) is 4.16. The van der Waals surface area contributed by atoms with Gasteiger partial charge in [-0.15, -0.1) is 0 Å². The molecule has 0 saturated carbocycles. The average molecular weight is 426 g/mol. The van der Waals surface area contributed by atoms with Crippen molar-refractivity contribution in [2.45, 2.75) is 31.6 Å². The van der Waals surface area contributed by atoms with Crippen LogP contribution in [0.2, 0.25) is 0 Å². The second kappa shape index (κ2) is 10.4. The number of aryl methyl sites for hydroxylation is 1. The van der Waals surface area contributed by atoms with Crippen molar-refractivity contribution in [2.75, 3.05) is 26.5 Å². The van der Waals surface area contributed by atoms with E-state index in [4.69, 9.17) is 4.74 Å². The van der Waals surface area contributed by atoms with E-state index in [1.165, 1.54) is 11.8 Å². The summed E-state index contributed by atoms with van der Waals surface area (Å²) in [5.41, 5.74) is 2.85. The highest BCUT2D eigenvalue weighted by molar-refractivity contribution is 7.99. The van der Waals surface area contributed by atoms with E-state index in [-0.39, 0.29) is 17.2 Å². The molecule has 0 atom stereocenters. The van der Waals surface area contributed by atoms with E-state index in [9.17, 15) is 9.59 Å². The summed E-state index contributed by atoms with van der Waals surface area (Å²) in [5, 5.41) is 1.15. The van der Waals surface area contributed by atoms with Gasteiger partial charge in [0.2, 0.25) is 5.91 Å². The molecule has 0 fully saturated rings. The van der Waals surface area contributed by atoms with Crippen LogP contribution < -0.4 is 5.56 Å². The zero-order chi connectivity index (χ0) is 21.5. The van der Waals surface area contributed by atoms with Gasteiger partial charge in [-0.25, -0.2) is 4.98 Å². The van der Waals surface area contributed by atoms with Crippen LogP contribution in [-0.2, 0) is 22.6 Å². The minimum absolute atomic E-state index is 0.00546. The lowest BCUT2D eigenvalue weighted by atomic mass is 10.1. The Morgan fingerprint density at radius 2 is 1.90 bits per heavy atom. The molecule has 0 aliphatic carbocycles. The molecular formula is C23H27N3O3S. The number of carbonyl (C=O) groups is 1. The summed E-state index contributed by atoms with van der Waals surface area (Å²) < 4.78 is 6.78. The first-order valence-electron chi connectivity index (χ1n) is 9.91. The largest absolute Gasteiger partial charge is 0.385 e. The van der Waals surface area contributed by atoms with Gasteiger partial charge in [0, 0.05) is 33.9 Å². The second-order valence-corrected chi connectivity index (χ2v) is 8.12. The summed E-state index contributed by atoms with van der Waals surface area (Å²) >= 11 is 1.31. The number of fused-ring (bicyclic) bond motifs is 1. The molecule has 1 aromatic heterocycles. The van der Waals surface area contributed by atoms with Gasteiger partial charge in [-0.05, 0) is 36.6 Å². The van der Waals surface area contributed by atoms with Gasteiger partial charge >= 0.3 is 0 Å². The van der Waals surface area contributed by atoms with Gasteiger partial charge < -0.3 is 9.64 Å². The highest BCUT2D eigenvalue weighted by Crippen LogP contribution is 2.19. The highest BCUT2D eigenvalue weighted by atomic mass is 32.2. The van der Waals surface area contributed by atoms with Gasteiger partial charge in [-0.3, -0.25) is 14.2 Å². The van der Waals surface area contributed by atoms with Crippen molar-refractivity contribution < 1.29 is 9.53 Å². The molecule has 0 bridgehead atoms. The van der Waals surface area contributed by atoms with Crippen molar-refractivity contribution in [3.05, 3.63) is 70.0 Å². The first-order valence-corrected chi connectivity index (χ1v) is 10.9. The highest BCUT2D eigenvalue weighted by Gasteiger charge is 2.15. The summed E-state index contributed by atoms with van der Waals surface area (Å²) in [4.78, 5) is 32.1. The SMILES string of the molecule is COCCCn1c(SCC(=O)N(C)Cc2ccccc2C)nc2ccccc2c1=O. The normalized spacial score (nSPS) is 11.0. The topological polar surface area (TPSA) is 64.4 Å². The van der Waals surface area contributed by atoms with E-state index in [1.54, 1.807) is 29.7 Å². The van der Waals surface area contributed by atoms with Crippen LogP contribution >= 0.6 is 11.8 Å². The number of hydrogen-bond donors (Lipinski definition) is 0. The molecule has 158 valence electrons. The van der Waals surface area contributed by atoms with Crippen LogP contribution in [0.15, 0.2) is 58.5 Å². The second-order valence-electron chi connectivity index (χ2n) is 7.18. The molecule has 0 unspecified atom stereocenters. The third-order valence-corrected chi connectivity index (χ3v) is 5.94. The minimum atomic E-state index is -0.0834. The summed E-state index contributed by atoms with van der Waals surface area (Å²) in [6.45, 7) is 3.65. The van der Waals surface area contributed by atoms with E-state index >= 15 is 0 Å². The van der Waals surface area contributed by atoms with Crippen LogP contribution in [0.1, 0.15) is 17.5 Å². The van der Waals surface area contributed by atoms with Crippen LogP contribution in [0.4, 0.5) is 0 Å². The Hall–Kier alpha value is -2.64. The molecule has 3 aromatic rings. The Morgan fingerprint density at radius 3 is 2.67 bits per heavy atom. The van der Waals surface area contributed by atoms with Crippen molar-refractivity contribution in [1.82, 2.24) is 14.5 Å². The Bertz CT molecular complexity index is 1080. The Balaban J connectivity index is 1.76. The van der Waals surface area contributed by atoms with Crippen LogP contribution in [0.25, 0.3) is 10.9 Å². The molecule has 1 amide bonds. The Morgan fingerprint density at radius 1 is 1.17 bits per heavy atom. The van der Waals surface area contributed by atoms with E-state index in [1.807, 2.05) is 49.4 Å². The molecule has 0 N–H and O–H groups in total. The van der Waals surface area contributed by atoms with Crippen molar-refractivity contribution in [3.8, 4) is 0 Å². The molecule has 6 nitrogen and oxygen atoms in total. The van der Waals surface area contributed by atoms with Crippen molar-refractivity contribution >= 4 is 28.6 Å².